The van der Waals surface area contributed by atoms with Crippen molar-refractivity contribution in [1.29, 1.82) is 0 Å². The summed E-state index contributed by atoms with van der Waals surface area (Å²) in [6, 6.07) is 9.60. The molecule has 1 saturated carbocycles. The van der Waals surface area contributed by atoms with Crippen molar-refractivity contribution < 1.29 is 18.0 Å². The van der Waals surface area contributed by atoms with Gasteiger partial charge in [-0.15, -0.1) is 0 Å². The summed E-state index contributed by atoms with van der Waals surface area (Å²) < 4.78 is 38.5. The Balaban J connectivity index is 1.38. The lowest BCUT2D eigenvalue weighted by Crippen LogP contribution is -2.48. The minimum atomic E-state index is -4.42. The van der Waals surface area contributed by atoms with Crippen LogP contribution in [0.15, 0.2) is 55.0 Å². The van der Waals surface area contributed by atoms with Gasteiger partial charge in [-0.3, -0.25) is 14.8 Å². The zero-order valence-electron chi connectivity index (χ0n) is 17.9. The van der Waals surface area contributed by atoms with Gasteiger partial charge in [0.25, 0.3) is 5.91 Å². The van der Waals surface area contributed by atoms with Gasteiger partial charge in [-0.05, 0) is 61.6 Å². The second kappa shape index (κ2) is 8.13. The van der Waals surface area contributed by atoms with Crippen LogP contribution in [-0.2, 0) is 6.18 Å². The molecule has 4 heterocycles. The van der Waals surface area contributed by atoms with Gasteiger partial charge in [-0.25, -0.2) is 4.98 Å². The Morgan fingerprint density at radius 2 is 1.91 bits per heavy atom. The van der Waals surface area contributed by atoms with Gasteiger partial charge in [0.05, 0.1) is 17.3 Å². The molecule has 0 radical (unpaired) electrons. The van der Waals surface area contributed by atoms with E-state index in [0.29, 0.717) is 29.7 Å². The molecular formula is C24H22F3N5O. The molecule has 5 rings (SSSR count). The summed E-state index contributed by atoms with van der Waals surface area (Å²) in [5.74, 6) is 0.545. The molecule has 0 unspecified atom stereocenters. The van der Waals surface area contributed by atoms with Crippen LogP contribution in [0.5, 0.6) is 0 Å². The fraction of sp³-hybridized carbons (Fsp3) is 0.333. The summed E-state index contributed by atoms with van der Waals surface area (Å²) in [4.78, 5) is 28.2. The average Bonchev–Trinajstić information content (AvgIpc) is 3.39. The summed E-state index contributed by atoms with van der Waals surface area (Å²) in [7, 11) is 0. The van der Waals surface area contributed by atoms with Gasteiger partial charge in [0.15, 0.2) is 0 Å². The maximum atomic E-state index is 13.6. The molecule has 2 bridgehead atoms. The molecule has 1 aliphatic heterocycles. The summed E-state index contributed by atoms with van der Waals surface area (Å²) in [5, 5.41) is 3.24. The fourth-order valence-corrected chi connectivity index (χ4v) is 4.94. The topological polar surface area (TPSA) is 71.0 Å². The number of rotatable bonds is 4. The van der Waals surface area contributed by atoms with Crippen LogP contribution in [0.3, 0.4) is 0 Å². The van der Waals surface area contributed by atoms with Crippen LogP contribution < -0.4 is 5.32 Å². The van der Waals surface area contributed by atoms with E-state index in [1.54, 1.807) is 12.4 Å². The van der Waals surface area contributed by atoms with Crippen LogP contribution >= 0.6 is 0 Å². The number of anilines is 1. The van der Waals surface area contributed by atoms with Crippen molar-refractivity contribution in [2.45, 2.75) is 38.0 Å². The lowest BCUT2D eigenvalue weighted by Gasteiger charge is -2.34. The Bertz CT molecular complexity index is 1170. The standard InChI is InChI=1S/C24H22F3N5O/c1-14-7-9-29-22(21(14)17-4-2-3-8-28-17)23(33)32-13-15-10-18(19(32)11-15)31-20-6-5-16(12-30-20)24(25,26)27/h2-9,12,15,18-19H,10-11,13H2,1H3,(H,30,31)/t15-,18+,19-/m0/s1. The van der Waals surface area contributed by atoms with Gasteiger partial charge in [-0.1, -0.05) is 6.07 Å². The van der Waals surface area contributed by atoms with Crippen molar-refractivity contribution in [3.63, 3.8) is 0 Å². The quantitative estimate of drug-likeness (QED) is 0.626. The molecule has 1 N–H and O–H groups in total. The first kappa shape index (κ1) is 21.4. The molecule has 0 aromatic carbocycles. The number of hydrogen-bond acceptors (Lipinski definition) is 5. The lowest BCUT2D eigenvalue weighted by atomic mass is 10.0. The number of fused-ring (bicyclic) bond motifs is 2. The zero-order valence-corrected chi connectivity index (χ0v) is 17.9. The number of alkyl halides is 3. The van der Waals surface area contributed by atoms with E-state index in [2.05, 4.69) is 20.3 Å². The van der Waals surface area contributed by atoms with Gasteiger partial charge < -0.3 is 10.2 Å². The SMILES string of the molecule is Cc1ccnc(C(=O)N2C[C@H]3C[C@@H](Nc4ccc(C(F)(F)F)cn4)[C@@H]2C3)c1-c1ccccn1. The van der Waals surface area contributed by atoms with Crippen molar-refractivity contribution in [3.05, 3.63) is 71.8 Å². The van der Waals surface area contributed by atoms with E-state index < -0.39 is 11.7 Å². The van der Waals surface area contributed by atoms with Crippen LogP contribution in [0, 0.1) is 12.8 Å². The molecule has 9 heteroatoms. The third-order valence-corrected chi connectivity index (χ3v) is 6.45. The van der Waals surface area contributed by atoms with Gasteiger partial charge in [-0.2, -0.15) is 13.2 Å². The van der Waals surface area contributed by atoms with Gasteiger partial charge in [0.2, 0.25) is 0 Å². The second-order valence-corrected chi connectivity index (χ2v) is 8.61. The van der Waals surface area contributed by atoms with E-state index in [9.17, 15) is 18.0 Å². The zero-order chi connectivity index (χ0) is 23.2. The molecule has 3 aromatic heterocycles. The smallest absolute Gasteiger partial charge is 0.365 e. The van der Waals surface area contributed by atoms with E-state index >= 15 is 0 Å². The van der Waals surface area contributed by atoms with Crippen molar-refractivity contribution in [3.8, 4) is 11.3 Å². The van der Waals surface area contributed by atoms with E-state index in [-0.39, 0.29) is 18.0 Å². The molecular weight excluding hydrogens is 431 g/mol. The number of carbonyl (C=O) groups is 1. The molecule has 1 aliphatic carbocycles. The molecule has 170 valence electrons. The molecule has 2 fully saturated rings. The van der Waals surface area contributed by atoms with Crippen LogP contribution in [0.1, 0.15) is 34.5 Å². The lowest BCUT2D eigenvalue weighted by molar-refractivity contribution is -0.137. The van der Waals surface area contributed by atoms with Crippen molar-refractivity contribution >= 4 is 11.7 Å². The van der Waals surface area contributed by atoms with Gasteiger partial charge >= 0.3 is 6.18 Å². The largest absolute Gasteiger partial charge is 0.417 e. The monoisotopic (exact) mass is 453 g/mol. The maximum absolute atomic E-state index is 13.6. The third kappa shape index (κ3) is 4.03. The number of nitrogens with one attached hydrogen (secondary N) is 1. The molecule has 33 heavy (non-hydrogen) atoms. The number of likely N-dealkylation sites (tertiary alicyclic amines) is 1. The number of aryl methyl sites for hydroxylation is 1. The predicted molar refractivity (Wildman–Crippen MR) is 116 cm³/mol. The third-order valence-electron chi connectivity index (χ3n) is 6.45. The Morgan fingerprint density at radius 3 is 2.58 bits per heavy atom. The number of amides is 1. The summed E-state index contributed by atoms with van der Waals surface area (Å²) >= 11 is 0. The molecule has 1 saturated heterocycles. The number of carbonyl (C=O) groups excluding carboxylic acids is 1. The number of halogens is 3. The summed E-state index contributed by atoms with van der Waals surface area (Å²) in [6.45, 7) is 2.57. The first-order chi connectivity index (χ1) is 15.8. The van der Waals surface area contributed by atoms with Crippen molar-refractivity contribution in [2.24, 2.45) is 5.92 Å². The van der Waals surface area contributed by atoms with E-state index in [4.69, 9.17) is 0 Å². The average molecular weight is 453 g/mol. The van der Waals surface area contributed by atoms with Gasteiger partial charge in [0.1, 0.15) is 11.5 Å². The van der Waals surface area contributed by atoms with E-state index in [0.717, 1.165) is 36.2 Å². The number of nitrogens with zero attached hydrogens (tertiary/aromatic N) is 4. The second-order valence-electron chi connectivity index (χ2n) is 8.61. The Labute approximate surface area is 188 Å². The van der Waals surface area contributed by atoms with E-state index in [1.165, 1.54) is 6.07 Å². The predicted octanol–water partition coefficient (Wildman–Crippen LogP) is 4.58. The van der Waals surface area contributed by atoms with Crippen LogP contribution in [0.2, 0.25) is 0 Å². The minimum absolute atomic E-state index is 0.0783. The van der Waals surface area contributed by atoms with Crippen molar-refractivity contribution in [2.75, 3.05) is 11.9 Å². The van der Waals surface area contributed by atoms with E-state index in [1.807, 2.05) is 36.1 Å². The fourth-order valence-electron chi connectivity index (χ4n) is 4.94. The summed E-state index contributed by atoms with van der Waals surface area (Å²) in [5.41, 5.74) is 1.91. The Morgan fingerprint density at radius 1 is 1.06 bits per heavy atom. The number of aromatic nitrogens is 3. The highest BCUT2D eigenvalue weighted by Crippen LogP contribution is 2.40. The highest BCUT2D eigenvalue weighted by atomic mass is 19.4. The first-order valence-corrected chi connectivity index (χ1v) is 10.8. The molecule has 3 aromatic rings. The molecule has 2 aliphatic rings. The molecule has 1 amide bonds. The first-order valence-electron chi connectivity index (χ1n) is 10.8. The Hall–Kier alpha value is -3.49. The molecule has 3 atom stereocenters. The Kier molecular flexibility index (Phi) is 5.26. The maximum Gasteiger partial charge on any atom is 0.417 e. The van der Waals surface area contributed by atoms with Crippen LogP contribution in [0.4, 0.5) is 19.0 Å². The normalized spacial score (nSPS) is 21.9. The number of hydrogen-bond donors (Lipinski definition) is 1. The minimum Gasteiger partial charge on any atom is -0.365 e. The van der Waals surface area contributed by atoms with Crippen LogP contribution in [0.25, 0.3) is 11.3 Å². The van der Waals surface area contributed by atoms with Gasteiger partial charge in [0, 0.05) is 36.7 Å². The van der Waals surface area contributed by atoms with Crippen molar-refractivity contribution in [1.82, 2.24) is 19.9 Å². The molecule has 6 nitrogen and oxygen atoms in total. The molecule has 0 spiro atoms. The highest BCUT2D eigenvalue weighted by molar-refractivity contribution is 5.99. The summed E-state index contributed by atoms with van der Waals surface area (Å²) in [6.07, 6.45) is 1.40. The number of pyridine rings is 3. The van der Waals surface area contributed by atoms with Crippen LogP contribution in [-0.4, -0.2) is 44.4 Å². The number of piperidine rings is 1. The highest BCUT2D eigenvalue weighted by Gasteiger charge is 2.47.